The third-order valence-corrected chi connectivity index (χ3v) is 7.52. The molecule has 37 heavy (non-hydrogen) atoms. The second kappa shape index (κ2) is 10.6. The van der Waals surface area contributed by atoms with E-state index in [2.05, 4.69) is 15.2 Å². The van der Waals surface area contributed by atoms with E-state index in [-0.39, 0.29) is 11.7 Å². The molecular formula is C28H34N6O3. The summed E-state index contributed by atoms with van der Waals surface area (Å²) in [5.74, 6) is 1.89. The molecule has 1 N–H and O–H groups in total. The summed E-state index contributed by atoms with van der Waals surface area (Å²) < 4.78 is 7.59. The van der Waals surface area contributed by atoms with Gasteiger partial charge in [-0.1, -0.05) is 12.8 Å². The number of ether oxygens (including phenoxy) is 1. The lowest BCUT2D eigenvalue weighted by Gasteiger charge is -2.30. The van der Waals surface area contributed by atoms with Crippen molar-refractivity contribution in [2.24, 2.45) is 7.05 Å². The minimum atomic E-state index is 0.0577. The second-order valence-electron chi connectivity index (χ2n) is 9.81. The Balaban J connectivity index is 1.41. The van der Waals surface area contributed by atoms with Crippen molar-refractivity contribution in [2.75, 3.05) is 35.8 Å². The fraction of sp³-hybridized carbons (Fsp3) is 0.429. The molecule has 0 saturated heterocycles. The van der Waals surface area contributed by atoms with E-state index in [0.29, 0.717) is 54.8 Å². The lowest BCUT2D eigenvalue weighted by atomic mass is 10.0. The summed E-state index contributed by atoms with van der Waals surface area (Å²) in [4.78, 5) is 38.9. The van der Waals surface area contributed by atoms with Crippen molar-refractivity contribution in [1.29, 1.82) is 0 Å². The number of carbonyl (C=O) groups is 2. The van der Waals surface area contributed by atoms with Crippen LogP contribution in [0.15, 0.2) is 42.7 Å². The molecule has 3 heterocycles. The lowest BCUT2D eigenvalue weighted by molar-refractivity contribution is -0.118. The van der Waals surface area contributed by atoms with E-state index in [1.165, 1.54) is 12.8 Å². The zero-order valence-corrected chi connectivity index (χ0v) is 21.7. The summed E-state index contributed by atoms with van der Waals surface area (Å²) in [7, 11) is 5.36. The van der Waals surface area contributed by atoms with Crippen LogP contribution in [0.5, 0.6) is 5.75 Å². The summed E-state index contributed by atoms with van der Waals surface area (Å²) in [6.45, 7) is 0.645. The monoisotopic (exact) mass is 502 g/mol. The van der Waals surface area contributed by atoms with Gasteiger partial charge in [0, 0.05) is 57.0 Å². The van der Waals surface area contributed by atoms with Gasteiger partial charge in [0.05, 0.1) is 19.0 Å². The average Bonchev–Trinajstić information content (AvgIpc) is 3.56. The highest BCUT2D eigenvalue weighted by Crippen LogP contribution is 2.37. The Morgan fingerprint density at radius 3 is 2.73 bits per heavy atom. The third kappa shape index (κ3) is 5.16. The van der Waals surface area contributed by atoms with Crippen molar-refractivity contribution < 1.29 is 14.3 Å². The Hall–Kier alpha value is -3.88. The molecule has 1 aliphatic carbocycles. The Morgan fingerprint density at radius 2 is 2.00 bits per heavy atom. The molecule has 1 aliphatic heterocycles. The zero-order chi connectivity index (χ0) is 25.9. The third-order valence-electron chi connectivity index (χ3n) is 7.52. The van der Waals surface area contributed by atoms with Gasteiger partial charge < -0.3 is 24.4 Å². The maximum atomic E-state index is 13.0. The van der Waals surface area contributed by atoms with Gasteiger partial charge in [0.25, 0.3) is 0 Å². The van der Waals surface area contributed by atoms with Crippen LogP contribution >= 0.6 is 0 Å². The molecule has 1 saturated carbocycles. The number of amides is 1. The number of anilines is 4. The Kier molecular flexibility index (Phi) is 7.12. The van der Waals surface area contributed by atoms with E-state index in [0.717, 1.165) is 30.0 Å². The number of Topliss-reactive ketones (excluding diaryl/α,β-unsaturated/α-hetero) is 1. The molecule has 9 nitrogen and oxygen atoms in total. The molecule has 2 aliphatic rings. The number of methoxy groups -OCH3 is 1. The maximum Gasteiger partial charge on any atom is 0.229 e. The molecular weight excluding hydrogens is 468 g/mol. The first-order valence-corrected chi connectivity index (χ1v) is 12.9. The number of benzene rings is 1. The summed E-state index contributed by atoms with van der Waals surface area (Å²) >= 11 is 0. The molecule has 0 spiro atoms. The van der Waals surface area contributed by atoms with Crippen LogP contribution in [-0.2, 0) is 18.3 Å². The number of aryl methyl sites for hydroxylation is 2. The molecule has 1 fully saturated rings. The molecule has 194 valence electrons. The van der Waals surface area contributed by atoms with Gasteiger partial charge in [-0.3, -0.25) is 9.59 Å². The molecule has 0 unspecified atom stereocenters. The van der Waals surface area contributed by atoms with Crippen LogP contribution in [0.1, 0.15) is 54.6 Å². The van der Waals surface area contributed by atoms with Crippen LogP contribution in [-0.4, -0.2) is 53.0 Å². The number of hydrogen-bond acceptors (Lipinski definition) is 7. The van der Waals surface area contributed by atoms with E-state index >= 15 is 0 Å². The van der Waals surface area contributed by atoms with E-state index in [9.17, 15) is 9.59 Å². The highest BCUT2D eigenvalue weighted by Gasteiger charge is 2.31. The smallest absolute Gasteiger partial charge is 0.229 e. The molecule has 2 aromatic heterocycles. The van der Waals surface area contributed by atoms with Gasteiger partial charge in [-0.25, -0.2) is 4.98 Å². The first kappa shape index (κ1) is 24.8. The van der Waals surface area contributed by atoms with Gasteiger partial charge in [-0.15, -0.1) is 0 Å². The second-order valence-corrected chi connectivity index (χ2v) is 9.81. The highest BCUT2D eigenvalue weighted by atomic mass is 16.5. The Bertz CT molecular complexity index is 1300. The molecule has 3 aromatic rings. The number of carbonyl (C=O) groups excluding carboxylic acids is 2. The summed E-state index contributed by atoms with van der Waals surface area (Å²) in [5, 5.41) is 3.27. The minimum absolute atomic E-state index is 0.0577. The van der Waals surface area contributed by atoms with Gasteiger partial charge in [0.2, 0.25) is 11.9 Å². The van der Waals surface area contributed by atoms with Crippen LogP contribution < -0.4 is 19.9 Å². The van der Waals surface area contributed by atoms with Crippen LogP contribution in [0.2, 0.25) is 0 Å². The van der Waals surface area contributed by atoms with Gasteiger partial charge in [-0.2, -0.15) is 4.98 Å². The molecule has 5 rings (SSSR count). The van der Waals surface area contributed by atoms with Crippen molar-refractivity contribution in [3.8, 4) is 5.75 Å². The van der Waals surface area contributed by atoms with Gasteiger partial charge >= 0.3 is 0 Å². The van der Waals surface area contributed by atoms with Gasteiger partial charge in [0.1, 0.15) is 11.4 Å². The fourth-order valence-electron chi connectivity index (χ4n) is 5.31. The van der Waals surface area contributed by atoms with Crippen LogP contribution in [0.25, 0.3) is 0 Å². The summed E-state index contributed by atoms with van der Waals surface area (Å²) in [6.07, 6.45) is 9.82. The van der Waals surface area contributed by atoms with Gasteiger partial charge in [0.15, 0.2) is 11.6 Å². The van der Waals surface area contributed by atoms with Crippen LogP contribution in [0.3, 0.4) is 0 Å². The summed E-state index contributed by atoms with van der Waals surface area (Å²) in [5.41, 5.74) is 3.06. The molecule has 0 radical (unpaired) electrons. The summed E-state index contributed by atoms with van der Waals surface area (Å²) in [6, 6.07) is 9.77. The van der Waals surface area contributed by atoms with Crippen LogP contribution in [0.4, 0.5) is 23.1 Å². The number of nitrogens with zero attached hydrogens (tertiary/aromatic N) is 5. The molecule has 9 heteroatoms. The predicted molar refractivity (Wildman–Crippen MR) is 144 cm³/mol. The number of fused-ring (bicyclic) bond motifs is 1. The lowest BCUT2D eigenvalue weighted by Crippen LogP contribution is -2.34. The van der Waals surface area contributed by atoms with Crippen molar-refractivity contribution >= 4 is 34.8 Å². The quantitative estimate of drug-likeness (QED) is 0.454. The predicted octanol–water partition coefficient (Wildman–Crippen LogP) is 4.50. The normalized spacial score (nSPS) is 16.0. The number of rotatable bonds is 8. The Morgan fingerprint density at radius 1 is 1.19 bits per heavy atom. The van der Waals surface area contributed by atoms with Crippen molar-refractivity contribution in [3.63, 3.8) is 0 Å². The topological polar surface area (TPSA) is 92.6 Å². The van der Waals surface area contributed by atoms with Crippen molar-refractivity contribution in [1.82, 2.24) is 14.5 Å². The standard InChI is InChI=1S/C28H34N6O3/c1-32-15-6-9-20(32)11-12-24(35)19-10-13-25(37-3)22(17-19)30-28-29-18-23-27(31-28)34(21-7-4-5-8-21)16-14-26(36)33(23)2/h6,9-10,13,15,17-18,21H,4-5,7-8,11-12,14,16H2,1-3H3,(H,29,30,31). The molecule has 0 bridgehead atoms. The number of ketones is 1. The van der Waals surface area contributed by atoms with Crippen molar-refractivity contribution in [2.45, 2.75) is 51.0 Å². The minimum Gasteiger partial charge on any atom is -0.495 e. The first-order valence-electron chi connectivity index (χ1n) is 12.9. The Labute approximate surface area is 217 Å². The van der Waals surface area contributed by atoms with Crippen LogP contribution in [0, 0.1) is 0 Å². The molecule has 0 atom stereocenters. The largest absolute Gasteiger partial charge is 0.495 e. The van der Waals surface area contributed by atoms with E-state index in [4.69, 9.17) is 9.72 Å². The van der Waals surface area contributed by atoms with Gasteiger partial charge in [-0.05, 0) is 49.6 Å². The molecule has 1 aromatic carbocycles. The number of nitrogens with one attached hydrogen (secondary N) is 1. The van der Waals surface area contributed by atoms with E-state index < -0.39 is 0 Å². The van der Waals surface area contributed by atoms with E-state index in [1.54, 1.807) is 43.5 Å². The maximum absolute atomic E-state index is 13.0. The highest BCUT2D eigenvalue weighted by molar-refractivity contribution is 5.98. The van der Waals surface area contributed by atoms with E-state index in [1.807, 2.05) is 29.9 Å². The molecule has 1 amide bonds. The zero-order valence-electron chi connectivity index (χ0n) is 21.7. The number of aromatic nitrogens is 3. The number of hydrogen-bond donors (Lipinski definition) is 1. The SMILES string of the molecule is COc1ccc(C(=O)CCc2cccn2C)cc1Nc1ncc2c(n1)N(C1CCCC1)CCC(=O)N2C. The fourth-order valence-corrected chi connectivity index (χ4v) is 5.31. The van der Waals surface area contributed by atoms with Crippen molar-refractivity contribution in [3.05, 3.63) is 54.0 Å². The first-order chi connectivity index (χ1) is 17.9. The average molecular weight is 503 g/mol.